The van der Waals surface area contributed by atoms with Crippen LogP contribution in [0.2, 0.25) is 0 Å². The Morgan fingerprint density at radius 1 is 1.18 bits per heavy atom. The van der Waals surface area contributed by atoms with E-state index in [1.807, 2.05) is 31.2 Å². The number of nitrogens with zero attached hydrogens (tertiary/aromatic N) is 2. The van der Waals surface area contributed by atoms with E-state index >= 15 is 0 Å². The van der Waals surface area contributed by atoms with Gasteiger partial charge in [0.25, 0.3) is 0 Å². The van der Waals surface area contributed by atoms with Gasteiger partial charge in [-0.2, -0.15) is 0 Å². The molecule has 0 radical (unpaired) electrons. The van der Waals surface area contributed by atoms with E-state index < -0.39 is 5.97 Å². The molecule has 2 aromatic carbocycles. The zero-order chi connectivity index (χ0) is 19.9. The number of hydrogen-bond acceptors (Lipinski definition) is 6. The van der Waals surface area contributed by atoms with Gasteiger partial charge in [0, 0.05) is 11.3 Å². The monoisotopic (exact) mass is 398 g/mol. The Balaban J connectivity index is 1.56. The summed E-state index contributed by atoms with van der Waals surface area (Å²) in [6, 6.07) is 13.5. The first-order chi connectivity index (χ1) is 13.5. The fourth-order valence-electron chi connectivity index (χ4n) is 2.38. The predicted octanol–water partition coefficient (Wildman–Crippen LogP) is 3.30. The maximum atomic E-state index is 12.1. The normalized spacial score (nSPS) is 10.5. The molecule has 0 aliphatic rings. The molecular formula is C19H18N4O4S. The van der Waals surface area contributed by atoms with Gasteiger partial charge < -0.3 is 20.1 Å². The average Bonchev–Trinajstić information content (AvgIpc) is 3.16. The van der Waals surface area contributed by atoms with Crippen molar-refractivity contribution in [3.63, 3.8) is 0 Å². The van der Waals surface area contributed by atoms with Gasteiger partial charge in [-0.3, -0.25) is 4.79 Å². The number of rotatable bonds is 8. The van der Waals surface area contributed by atoms with Crippen molar-refractivity contribution in [3.8, 4) is 17.1 Å². The number of aromatic amines is 1. The molecule has 3 aromatic rings. The summed E-state index contributed by atoms with van der Waals surface area (Å²) in [6.07, 6.45) is 0. The van der Waals surface area contributed by atoms with Crippen molar-refractivity contribution in [2.45, 2.75) is 12.1 Å². The number of amides is 1. The Bertz CT molecular complexity index is 972. The fraction of sp³-hybridized carbons (Fsp3) is 0.158. The second-order valence-corrected chi connectivity index (χ2v) is 6.62. The van der Waals surface area contributed by atoms with Crippen molar-refractivity contribution in [3.05, 3.63) is 54.1 Å². The molecule has 8 nitrogen and oxygen atoms in total. The number of ether oxygens (including phenoxy) is 1. The van der Waals surface area contributed by atoms with Gasteiger partial charge in [0.15, 0.2) is 11.0 Å². The number of nitrogens with one attached hydrogen (secondary N) is 2. The van der Waals surface area contributed by atoms with Crippen molar-refractivity contribution in [2.24, 2.45) is 0 Å². The number of carbonyl (C=O) groups excluding carboxylic acids is 1. The van der Waals surface area contributed by atoms with Crippen LogP contribution >= 0.6 is 11.8 Å². The van der Waals surface area contributed by atoms with Crippen molar-refractivity contribution < 1.29 is 19.4 Å². The molecule has 0 aliphatic heterocycles. The summed E-state index contributed by atoms with van der Waals surface area (Å²) in [5.74, 6) is 0.166. The summed E-state index contributed by atoms with van der Waals surface area (Å²) < 4.78 is 5.41. The number of carboxylic acids is 1. The Morgan fingerprint density at radius 3 is 2.68 bits per heavy atom. The predicted molar refractivity (Wildman–Crippen MR) is 106 cm³/mol. The number of anilines is 1. The van der Waals surface area contributed by atoms with Gasteiger partial charge in [-0.15, -0.1) is 10.2 Å². The number of hydrogen-bond donors (Lipinski definition) is 3. The summed E-state index contributed by atoms with van der Waals surface area (Å²) in [5.41, 5.74) is 1.40. The zero-order valence-electron chi connectivity index (χ0n) is 15.0. The Morgan fingerprint density at radius 2 is 1.96 bits per heavy atom. The molecule has 0 aliphatic carbocycles. The fourth-order valence-corrected chi connectivity index (χ4v) is 2.99. The summed E-state index contributed by atoms with van der Waals surface area (Å²) in [4.78, 5) is 26.1. The first kappa shape index (κ1) is 19.4. The van der Waals surface area contributed by atoms with Crippen LogP contribution in [0.5, 0.6) is 5.75 Å². The highest BCUT2D eigenvalue weighted by atomic mass is 32.2. The summed E-state index contributed by atoms with van der Waals surface area (Å²) in [7, 11) is 0. The molecule has 0 saturated carbocycles. The molecule has 1 aromatic heterocycles. The van der Waals surface area contributed by atoms with E-state index in [0.717, 1.165) is 11.3 Å². The van der Waals surface area contributed by atoms with Crippen molar-refractivity contribution >= 4 is 29.3 Å². The lowest BCUT2D eigenvalue weighted by molar-refractivity contribution is -0.113. The third-order valence-corrected chi connectivity index (χ3v) is 4.50. The lowest BCUT2D eigenvalue weighted by Gasteiger charge is -2.05. The maximum absolute atomic E-state index is 12.1. The molecule has 0 spiro atoms. The third-order valence-electron chi connectivity index (χ3n) is 3.64. The number of benzene rings is 2. The van der Waals surface area contributed by atoms with Gasteiger partial charge in [-0.05, 0) is 49.4 Å². The number of thioether (sulfide) groups is 1. The molecule has 0 atom stereocenters. The lowest BCUT2D eigenvalue weighted by atomic mass is 10.2. The van der Waals surface area contributed by atoms with Crippen LogP contribution in [0.4, 0.5) is 5.69 Å². The molecule has 3 N–H and O–H groups in total. The van der Waals surface area contributed by atoms with Crippen LogP contribution in [-0.2, 0) is 4.79 Å². The first-order valence-electron chi connectivity index (χ1n) is 8.47. The third kappa shape index (κ3) is 5.10. The van der Waals surface area contributed by atoms with Gasteiger partial charge in [0.2, 0.25) is 5.91 Å². The highest BCUT2D eigenvalue weighted by molar-refractivity contribution is 7.99. The molecule has 1 amide bonds. The highest BCUT2D eigenvalue weighted by Gasteiger charge is 2.10. The van der Waals surface area contributed by atoms with E-state index in [2.05, 4.69) is 20.5 Å². The standard InChI is InChI=1S/C19H18N4O4S/c1-2-27-15-8-6-12(7-9-15)17-21-19(23-22-17)28-11-16(24)20-14-5-3-4-13(10-14)18(25)26/h3-10H,2,11H2,1H3,(H,20,24)(H,25,26)(H,21,22,23). The second-order valence-electron chi connectivity index (χ2n) is 5.66. The zero-order valence-corrected chi connectivity index (χ0v) is 15.8. The Hall–Kier alpha value is -3.33. The minimum absolute atomic E-state index is 0.106. The van der Waals surface area contributed by atoms with Crippen molar-refractivity contribution in [1.29, 1.82) is 0 Å². The number of carbonyl (C=O) groups is 2. The molecular weight excluding hydrogens is 380 g/mol. The number of aromatic carboxylic acids is 1. The van der Waals surface area contributed by atoms with Crippen LogP contribution in [0, 0.1) is 0 Å². The second kappa shape index (κ2) is 9.05. The number of aromatic nitrogens is 3. The molecule has 0 saturated heterocycles. The van der Waals surface area contributed by atoms with Crippen molar-refractivity contribution in [2.75, 3.05) is 17.7 Å². The van der Waals surface area contributed by atoms with Gasteiger partial charge in [-0.25, -0.2) is 4.79 Å². The van der Waals surface area contributed by atoms with Crippen LogP contribution in [0.3, 0.4) is 0 Å². The van der Waals surface area contributed by atoms with Gasteiger partial charge in [-0.1, -0.05) is 17.8 Å². The average molecular weight is 398 g/mol. The number of H-pyrrole nitrogens is 1. The van der Waals surface area contributed by atoms with Crippen LogP contribution in [0.25, 0.3) is 11.4 Å². The number of carboxylic acid groups (broad SMARTS) is 1. The summed E-state index contributed by atoms with van der Waals surface area (Å²) in [6.45, 7) is 2.53. The van der Waals surface area contributed by atoms with E-state index in [1.165, 1.54) is 23.9 Å². The Kier molecular flexibility index (Phi) is 6.28. The first-order valence-corrected chi connectivity index (χ1v) is 9.45. The summed E-state index contributed by atoms with van der Waals surface area (Å²) in [5, 5.41) is 20.3. The van der Waals surface area contributed by atoms with Crippen LogP contribution in [0.15, 0.2) is 53.7 Å². The van der Waals surface area contributed by atoms with E-state index in [1.54, 1.807) is 12.1 Å². The van der Waals surface area contributed by atoms with E-state index in [0.29, 0.717) is 23.3 Å². The topological polar surface area (TPSA) is 117 Å². The molecule has 0 bridgehead atoms. The highest BCUT2D eigenvalue weighted by Crippen LogP contribution is 2.22. The molecule has 144 valence electrons. The van der Waals surface area contributed by atoms with Gasteiger partial charge >= 0.3 is 5.97 Å². The van der Waals surface area contributed by atoms with Gasteiger partial charge in [0.1, 0.15) is 5.75 Å². The van der Waals surface area contributed by atoms with Crippen molar-refractivity contribution in [1.82, 2.24) is 15.2 Å². The molecule has 9 heteroatoms. The minimum atomic E-state index is -1.05. The van der Waals surface area contributed by atoms with Gasteiger partial charge in [0.05, 0.1) is 17.9 Å². The quantitative estimate of drug-likeness (QED) is 0.498. The van der Waals surface area contributed by atoms with E-state index in [4.69, 9.17) is 9.84 Å². The molecule has 28 heavy (non-hydrogen) atoms. The Labute approximate surface area is 165 Å². The molecule has 3 rings (SSSR count). The maximum Gasteiger partial charge on any atom is 0.335 e. The van der Waals surface area contributed by atoms with Crippen LogP contribution in [0.1, 0.15) is 17.3 Å². The molecule has 0 fully saturated rings. The van der Waals surface area contributed by atoms with Crippen LogP contribution < -0.4 is 10.1 Å². The SMILES string of the molecule is CCOc1ccc(-c2nnc(SCC(=O)Nc3cccc(C(=O)O)c3)[nH]2)cc1. The smallest absolute Gasteiger partial charge is 0.335 e. The summed E-state index contributed by atoms with van der Waals surface area (Å²) >= 11 is 1.20. The minimum Gasteiger partial charge on any atom is -0.494 e. The lowest BCUT2D eigenvalue weighted by Crippen LogP contribution is -2.14. The molecule has 1 heterocycles. The van der Waals surface area contributed by atoms with E-state index in [-0.39, 0.29) is 17.2 Å². The molecule has 0 unspecified atom stereocenters. The largest absolute Gasteiger partial charge is 0.494 e. The van der Waals surface area contributed by atoms with E-state index in [9.17, 15) is 9.59 Å². The van der Waals surface area contributed by atoms with Crippen LogP contribution in [-0.4, -0.2) is 44.5 Å².